The number of rotatable bonds is 3. The lowest BCUT2D eigenvalue weighted by Gasteiger charge is -2.26. The summed E-state index contributed by atoms with van der Waals surface area (Å²) in [7, 11) is 0. The van der Waals surface area contributed by atoms with Crippen LogP contribution in [0.2, 0.25) is 0 Å². The summed E-state index contributed by atoms with van der Waals surface area (Å²) < 4.78 is 5.88. The van der Waals surface area contributed by atoms with Gasteiger partial charge in [0, 0.05) is 11.0 Å². The Morgan fingerprint density at radius 3 is 2.34 bits per heavy atom. The molecule has 1 N–H and O–H groups in total. The number of benzene rings is 2. The zero-order valence-corrected chi connectivity index (χ0v) is 16.0. The Bertz CT molecular complexity index is 1210. The highest BCUT2D eigenvalue weighted by Gasteiger charge is 2.36. The smallest absolute Gasteiger partial charge is 0.283 e. The highest BCUT2D eigenvalue weighted by atomic mass is 32.2. The zero-order chi connectivity index (χ0) is 19.8. The average Bonchev–Trinajstić information content (AvgIpc) is 3.40. The van der Waals surface area contributed by atoms with Crippen LogP contribution >= 0.6 is 11.8 Å². The van der Waals surface area contributed by atoms with E-state index >= 15 is 0 Å². The lowest BCUT2D eigenvalue weighted by atomic mass is 10.1. The second kappa shape index (κ2) is 7.07. The quantitative estimate of drug-likeness (QED) is 0.613. The lowest BCUT2D eigenvalue weighted by Crippen LogP contribution is -2.37. The maximum Gasteiger partial charge on any atom is 0.283 e. The first-order valence-electron chi connectivity index (χ1n) is 9.02. The number of amidine groups is 2. The molecule has 0 saturated carbocycles. The van der Waals surface area contributed by atoms with E-state index in [1.54, 1.807) is 17.0 Å². The van der Waals surface area contributed by atoms with E-state index in [2.05, 4.69) is 4.99 Å². The van der Waals surface area contributed by atoms with E-state index in [9.17, 15) is 4.79 Å². The number of fused-ring (bicyclic) bond motifs is 1. The first-order valence-corrected chi connectivity index (χ1v) is 9.90. The Kier molecular flexibility index (Phi) is 4.26. The SMILES string of the molecule is N=C1C(=Cc2ccc(-c3ccccc3)o2)C(=O)N=C2SC=C(c3ccccc3)N12. The third kappa shape index (κ3) is 3.13. The number of amides is 1. The van der Waals surface area contributed by atoms with Crippen molar-refractivity contribution in [3.05, 3.63) is 95.1 Å². The number of carbonyl (C=O) groups is 1. The molecule has 5 rings (SSSR count). The van der Waals surface area contributed by atoms with Gasteiger partial charge in [0.05, 0.1) is 11.3 Å². The van der Waals surface area contributed by atoms with E-state index in [1.165, 1.54) is 11.8 Å². The molecule has 2 aliphatic rings. The van der Waals surface area contributed by atoms with Crippen LogP contribution in [0.25, 0.3) is 23.1 Å². The van der Waals surface area contributed by atoms with E-state index in [-0.39, 0.29) is 11.4 Å². The van der Waals surface area contributed by atoms with Crippen LogP contribution in [0.3, 0.4) is 0 Å². The molecule has 5 nitrogen and oxygen atoms in total. The Morgan fingerprint density at radius 1 is 0.931 bits per heavy atom. The van der Waals surface area contributed by atoms with Gasteiger partial charge in [-0.25, -0.2) is 0 Å². The minimum absolute atomic E-state index is 0.0952. The minimum Gasteiger partial charge on any atom is -0.457 e. The van der Waals surface area contributed by atoms with Crippen LogP contribution in [-0.2, 0) is 4.79 Å². The van der Waals surface area contributed by atoms with Gasteiger partial charge in [0.25, 0.3) is 5.91 Å². The topological polar surface area (TPSA) is 69.7 Å². The molecular weight excluding hydrogens is 382 g/mol. The number of hydrogen-bond acceptors (Lipinski definition) is 4. The van der Waals surface area contributed by atoms with Gasteiger partial charge < -0.3 is 4.42 Å². The Labute approximate surface area is 171 Å². The lowest BCUT2D eigenvalue weighted by molar-refractivity contribution is -0.114. The molecule has 6 heteroatoms. The highest BCUT2D eigenvalue weighted by Crippen LogP contribution is 2.37. The Hall–Kier alpha value is -3.64. The van der Waals surface area contributed by atoms with Gasteiger partial charge in [-0.3, -0.25) is 15.1 Å². The van der Waals surface area contributed by atoms with E-state index in [1.807, 2.05) is 72.1 Å². The fourth-order valence-corrected chi connectivity index (χ4v) is 4.13. The largest absolute Gasteiger partial charge is 0.457 e. The van der Waals surface area contributed by atoms with E-state index in [0.29, 0.717) is 16.7 Å². The molecule has 2 aromatic carbocycles. The summed E-state index contributed by atoms with van der Waals surface area (Å²) in [5.41, 5.74) is 2.95. The van der Waals surface area contributed by atoms with E-state index < -0.39 is 5.91 Å². The number of thioether (sulfide) groups is 1. The zero-order valence-electron chi connectivity index (χ0n) is 15.2. The van der Waals surface area contributed by atoms with Crippen LogP contribution in [0.15, 0.2) is 93.2 Å². The number of hydrogen-bond donors (Lipinski definition) is 1. The van der Waals surface area contributed by atoms with Crippen molar-refractivity contribution in [3.63, 3.8) is 0 Å². The predicted octanol–water partition coefficient (Wildman–Crippen LogP) is 5.25. The van der Waals surface area contributed by atoms with Crippen LogP contribution in [0, 0.1) is 5.41 Å². The van der Waals surface area contributed by atoms with Gasteiger partial charge in [0.1, 0.15) is 17.4 Å². The van der Waals surface area contributed by atoms with Crippen LogP contribution in [0.1, 0.15) is 11.3 Å². The van der Waals surface area contributed by atoms with Gasteiger partial charge in [0.2, 0.25) is 0 Å². The van der Waals surface area contributed by atoms with Crippen molar-refractivity contribution in [1.29, 1.82) is 5.41 Å². The van der Waals surface area contributed by atoms with Crippen LogP contribution in [0.4, 0.5) is 0 Å². The van der Waals surface area contributed by atoms with Crippen molar-refractivity contribution < 1.29 is 9.21 Å². The molecule has 0 radical (unpaired) electrons. The normalized spacial score (nSPS) is 17.4. The molecule has 3 heterocycles. The second-order valence-corrected chi connectivity index (χ2v) is 7.33. The van der Waals surface area contributed by atoms with Crippen molar-refractivity contribution in [2.24, 2.45) is 4.99 Å². The van der Waals surface area contributed by atoms with Gasteiger partial charge in [-0.2, -0.15) is 4.99 Å². The van der Waals surface area contributed by atoms with Crippen LogP contribution < -0.4 is 0 Å². The second-order valence-electron chi connectivity index (χ2n) is 6.50. The van der Waals surface area contributed by atoms with Crippen molar-refractivity contribution in [2.75, 3.05) is 0 Å². The summed E-state index contributed by atoms with van der Waals surface area (Å²) in [6.07, 6.45) is 1.59. The third-order valence-corrected chi connectivity index (χ3v) is 5.48. The maximum absolute atomic E-state index is 12.6. The summed E-state index contributed by atoms with van der Waals surface area (Å²) in [6.45, 7) is 0. The average molecular weight is 397 g/mol. The first kappa shape index (κ1) is 17.5. The van der Waals surface area contributed by atoms with E-state index in [0.717, 1.165) is 16.8 Å². The summed E-state index contributed by atoms with van der Waals surface area (Å²) >= 11 is 1.35. The molecule has 140 valence electrons. The van der Waals surface area contributed by atoms with Gasteiger partial charge in [-0.05, 0) is 23.8 Å². The van der Waals surface area contributed by atoms with Gasteiger partial charge in [0.15, 0.2) is 5.17 Å². The number of furan rings is 1. The minimum atomic E-state index is -0.436. The maximum atomic E-state index is 12.6. The summed E-state index contributed by atoms with van der Waals surface area (Å²) in [4.78, 5) is 18.4. The van der Waals surface area contributed by atoms with Crippen molar-refractivity contribution in [2.45, 2.75) is 0 Å². The molecule has 0 spiro atoms. The fourth-order valence-electron chi connectivity index (χ4n) is 3.24. The predicted molar refractivity (Wildman–Crippen MR) is 116 cm³/mol. The molecule has 0 saturated heterocycles. The van der Waals surface area contributed by atoms with Crippen molar-refractivity contribution in [1.82, 2.24) is 4.90 Å². The number of carbonyl (C=O) groups excluding carboxylic acids is 1. The molecule has 2 aliphatic heterocycles. The number of nitrogens with zero attached hydrogens (tertiary/aromatic N) is 2. The van der Waals surface area contributed by atoms with Crippen molar-refractivity contribution in [3.8, 4) is 11.3 Å². The molecule has 1 aromatic heterocycles. The first-order chi connectivity index (χ1) is 14.2. The number of aliphatic imine (C=N–C) groups is 1. The highest BCUT2D eigenvalue weighted by molar-refractivity contribution is 8.17. The molecule has 1 amide bonds. The Morgan fingerprint density at radius 2 is 1.62 bits per heavy atom. The van der Waals surface area contributed by atoms with E-state index in [4.69, 9.17) is 9.83 Å². The monoisotopic (exact) mass is 397 g/mol. The van der Waals surface area contributed by atoms with Gasteiger partial charge >= 0.3 is 0 Å². The van der Waals surface area contributed by atoms with Gasteiger partial charge in [-0.15, -0.1) is 0 Å². The van der Waals surface area contributed by atoms with Crippen LogP contribution in [-0.4, -0.2) is 21.8 Å². The number of nitrogens with one attached hydrogen (secondary N) is 1. The fraction of sp³-hybridized carbons (Fsp3) is 0. The third-order valence-electron chi connectivity index (χ3n) is 4.66. The molecule has 0 aliphatic carbocycles. The molecule has 0 unspecified atom stereocenters. The Balaban J connectivity index is 1.49. The standard InChI is InChI=1S/C23H15N3O2S/c24-21-18(13-17-11-12-20(28-17)16-9-5-2-6-10-16)22(27)25-23-26(21)19(14-29-23)15-7-3-1-4-8-15/h1-14,24H. The molecule has 0 bridgehead atoms. The molecule has 3 aromatic rings. The van der Waals surface area contributed by atoms with Crippen molar-refractivity contribution >= 4 is 40.4 Å². The summed E-state index contributed by atoms with van der Waals surface area (Å²) in [5, 5.41) is 11.1. The molecule has 29 heavy (non-hydrogen) atoms. The molecular formula is C23H15N3O2S. The summed E-state index contributed by atoms with van der Waals surface area (Å²) in [6, 6.07) is 23.2. The molecule has 0 fully saturated rings. The van der Waals surface area contributed by atoms with Gasteiger partial charge in [-0.1, -0.05) is 72.4 Å². The summed E-state index contributed by atoms with van der Waals surface area (Å²) in [5.74, 6) is 0.873. The molecule has 0 atom stereocenters. The van der Waals surface area contributed by atoms with Crippen LogP contribution in [0.5, 0.6) is 0 Å².